The van der Waals surface area contributed by atoms with Crippen molar-refractivity contribution in [1.29, 1.82) is 0 Å². The van der Waals surface area contributed by atoms with Gasteiger partial charge in [0.15, 0.2) is 0 Å². The maximum absolute atomic E-state index is 9.65. The molecule has 0 fully saturated rings. The minimum absolute atomic E-state index is 0.148. The zero-order valence-corrected chi connectivity index (χ0v) is 43.3. The Labute approximate surface area is 483 Å². The van der Waals surface area contributed by atoms with E-state index in [0.717, 1.165) is 54.7 Å². The van der Waals surface area contributed by atoms with Gasteiger partial charge in [0.05, 0.1) is 83.3 Å². The van der Waals surface area contributed by atoms with Crippen LogP contribution in [0.25, 0.3) is 98.4 Å². The fourth-order valence-electron chi connectivity index (χ4n) is 11.9. The first-order valence-electron chi connectivity index (χ1n) is 35.8. The van der Waals surface area contributed by atoms with Gasteiger partial charge in [-0.05, 0) is 118 Å². The van der Waals surface area contributed by atoms with Crippen molar-refractivity contribution in [2.45, 2.75) is 52.4 Å². The molecule has 0 saturated carbocycles. The van der Waals surface area contributed by atoms with E-state index in [0.29, 0.717) is 44.0 Å². The molecule has 78 heavy (non-hydrogen) atoms. The van der Waals surface area contributed by atoms with Crippen LogP contribution in [0.4, 0.5) is 34.1 Å². The summed E-state index contributed by atoms with van der Waals surface area (Å²) >= 11 is 0. The molecule has 0 amide bonds. The van der Waals surface area contributed by atoms with E-state index in [4.69, 9.17) is 16.4 Å². The summed E-state index contributed by atoms with van der Waals surface area (Å²) in [5, 5.41) is 5.78. The third-order valence-corrected chi connectivity index (χ3v) is 15.4. The van der Waals surface area contributed by atoms with Crippen molar-refractivity contribution in [3.63, 3.8) is 0 Å². The normalized spacial score (nSPS) is 16.1. The fourth-order valence-corrected chi connectivity index (χ4v) is 11.9. The van der Waals surface area contributed by atoms with Gasteiger partial charge >= 0.3 is 0 Å². The number of anilines is 6. The summed E-state index contributed by atoms with van der Waals surface area (Å²) in [7, 11) is 0. The lowest BCUT2D eigenvalue weighted by Gasteiger charge is -2.30. The SMILES string of the molecule is [2H]c1c([2H])c([2H])c(-c2cc(C(C)(C)C)ccc2N(c2c([2H])c([2H])c([2H])c([2H])c2[2H])c2ccc3c4cc5c(cc4n4c6ccccc6c2c34)c2ccc(N(c3ccc(C(C)(C)C)cc3-c3c([2H])c([2H])c([2H])c([2H])c3[2H])c3c([2H])c([2H])c([2H])c([2H])c3[2H])c3c4ccccc4n5c23)c([2H])c1[2H]. The molecule has 4 heteroatoms. The van der Waals surface area contributed by atoms with Crippen LogP contribution in [-0.4, -0.2) is 8.80 Å². The van der Waals surface area contributed by atoms with Crippen molar-refractivity contribution >= 4 is 110 Å². The summed E-state index contributed by atoms with van der Waals surface area (Å²) in [6.07, 6.45) is 0. The molecule has 11 aromatic carbocycles. The number of fused-ring (bicyclic) bond motifs is 12. The highest BCUT2D eigenvalue weighted by molar-refractivity contribution is 6.32. The van der Waals surface area contributed by atoms with Gasteiger partial charge in [0.2, 0.25) is 0 Å². The standard InChI is InChI=1S/C74H58N4/c1-73(2,3)49-35-39-63(57(43-49)47-23-11-7-12-24-47)75(51-27-15-9-16-28-51)65-41-37-53-59-45-68-60(46-67(59)77-61-33-21-19-31-55(61)69(65)71(53)77)54-38-42-66(70-56-32-20-22-34-62(56)78(68)72(54)70)76(52-29-17-10-18-30-52)64-40-36-50(74(4,5)6)44-58(64)48-25-13-8-14-26-48/h7-46H,1-6H3/i7D,8D,9D,10D,11D,12D,13D,14D,15D,16D,17D,18D,23D,24D,25D,26D,27D,28D,29D,30D. The summed E-state index contributed by atoms with van der Waals surface area (Å²) in [5.74, 6) is 0. The molecule has 0 bridgehead atoms. The number of benzene rings is 11. The molecule has 0 atom stereocenters. The Balaban J connectivity index is 1.05. The molecule has 4 heterocycles. The van der Waals surface area contributed by atoms with Crippen molar-refractivity contribution < 1.29 is 27.4 Å². The highest BCUT2D eigenvalue weighted by Crippen LogP contribution is 2.53. The zero-order chi connectivity index (χ0) is 70.0. The van der Waals surface area contributed by atoms with Gasteiger partial charge in [-0.25, -0.2) is 0 Å². The molecule has 0 radical (unpaired) electrons. The molecule has 0 aliphatic carbocycles. The van der Waals surface area contributed by atoms with Crippen LogP contribution in [0.15, 0.2) is 242 Å². The number of aromatic nitrogens is 2. The number of nitrogens with zero attached hydrogens (tertiary/aromatic N) is 4. The lowest BCUT2D eigenvalue weighted by Crippen LogP contribution is -2.15. The average Bonchev–Trinajstić information content (AvgIpc) is 1.50. The number of para-hydroxylation sites is 4. The second kappa shape index (κ2) is 17.1. The van der Waals surface area contributed by atoms with Gasteiger partial charge in [-0.3, -0.25) is 0 Å². The Morgan fingerprint density at radius 2 is 0.692 bits per heavy atom. The second-order valence-electron chi connectivity index (χ2n) is 21.9. The van der Waals surface area contributed by atoms with Crippen molar-refractivity contribution in [3.05, 3.63) is 253 Å². The van der Waals surface area contributed by atoms with Crippen LogP contribution in [0.2, 0.25) is 0 Å². The largest absolute Gasteiger partial charge is 0.309 e. The van der Waals surface area contributed by atoms with Crippen LogP contribution in [-0.2, 0) is 10.8 Å². The average molecular weight is 1020 g/mol. The van der Waals surface area contributed by atoms with Crippen molar-refractivity contribution in [3.8, 4) is 22.3 Å². The molecule has 374 valence electrons. The number of rotatable bonds is 8. The van der Waals surface area contributed by atoms with Crippen molar-refractivity contribution in [1.82, 2.24) is 8.80 Å². The minimum atomic E-state index is -0.625. The predicted molar refractivity (Wildman–Crippen MR) is 333 cm³/mol. The zero-order valence-electron chi connectivity index (χ0n) is 63.3. The van der Waals surface area contributed by atoms with E-state index < -0.39 is 132 Å². The molecule has 4 aromatic heterocycles. The van der Waals surface area contributed by atoms with Crippen LogP contribution < -0.4 is 9.80 Å². The van der Waals surface area contributed by atoms with Crippen LogP contribution in [0.1, 0.15) is 80.1 Å². The third-order valence-electron chi connectivity index (χ3n) is 15.4. The Morgan fingerprint density at radius 1 is 0.333 bits per heavy atom. The lowest BCUT2D eigenvalue weighted by molar-refractivity contribution is 0.590. The maximum atomic E-state index is 9.65. The molecule has 0 aliphatic rings. The van der Waals surface area contributed by atoms with E-state index in [-0.39, 0.29) is 45.0 Å². The van der Waals surface area contributed by atoms with E-state index >= 15 is 0 Å². The van der Waals surface area contributed by atoms with Gasteiger partial charge in [-0.15, -0.1) is 0 Å². The molecule has 4 nitrogen and oxygen atoms in total. The minimum Gasteiger partial charge on any atom is -0.309 e. The van der Waals surface area contributed by atoms with Gasteiger partial charge in [0.1, 0.15) is 0 Å². The molecule has 0 spiro atoms. The summed E-state index contributed by atoms with van der Waals surface area (Å²) in [6.45, 7) is 11.8. The predicted octanol–water partition coefficient (Wildman–Crippen LogP) is 20.9. The maximum Gasteiger partial charge on any atom is 0.0645 e. The Kier molecular flexibility index (Phi) is 6.52. The first-order chi connectivity index (χ1) is 46.3. The van der Waals surface area contributed by atoms with Crippen molar-refractivity contribution in [2.24, 2.45) is 0 Å². The van der Waals surface area contributed by atoms with Gasteiger partial charge in [-0.2, -0.15) is 0 Å². The number of hydrogen-bond donors (Lipinski definition) is 0. The quantitative estimate of drug-likeness (QED) is 0.151. The van der Waals surface area contributed by atoms with Crippen LogP contribution >= 0.6 is 0 Å². The second-order valence-corrected chi connectivity index (χ2v) is 21.9. The van der Waals surface area contributed by atoms with E-state index in [1.165, 1.54) is 0 Å². The van der Waals surface area contributed by atoms with Gasteiger partial charge < -0.3 is 18.6 Å². The fraction of sp³-hybridized carbons (Fsp3) is 0.108. The molecule has 15 rings (SSSR count). The molecule has 0 saturated heterocycles. The molecule has 15 aromatic rings. The van der Waals surface area contributed by atoms with E-state index in [1.807, 2.05) is 126 Å². The van der Waals surface area contributed by atoms with Gasteiger partial charge in [0, 0.05) is 65.6 Å². The molecule has 0 N–H and O–H groups in total. The summed E-state index contributed by atoms with van der Waals surface area (Å²) in [6, 6.07) is 26.3. The lowest BCUT2D eigenvalue weighted by atomic mass is 9.84. The Morgan fingerprint density at radius 3 is 1.08 bits per heavy atom. The van der Waals surface area contributed by atoms with Crippen LogP contribution in [0.5, 0.6) is 0 Å². The molecular formula is C74H58N4. The van der Waals surface area contributed by atoms with Crippen LogP contribution in [0, 0.1) is 0 Å². The monoisotopic (exact) mass is 1020 g/mol. The topological polar surface area (TPSA) is 15.3 Å². The number of hydrogen-bond acceptors (Lipinski definition) is 2. The molecule has 0 aliphatic heterocycles. The van der Waals surface area contributed by atoms with Gasteiger partial charge in [-0.1, -0.05) is 199 Å². The molecule has 0 unspecified atom stereocenters. The van der Waals surface area contributed by atoms with E-state index in [1.54, 1.807) is 34.1 Å². The van der Waals surface area contributed by atoms with Gasteiger partial charge in [0.25, 0.3) is 0 Å². The molecular weight excluding hydrogens is 945 g/mol. The Bertz CT molecular complexity index is 5580. The third kappa shape index (κ3) is 6.85. The van der Waals surface area contributed by atoms with E-state index in [2.05, 4.69) is 20.9 Å². The summed E-state index contributed by atoms with van der Waals surface area (Å²) in [4.78, 5) is 3.13. The van der Waals surface area contributed by atoms with E-state index in [9.17, 15) is 11.0 Å². The highest BCUT2D eigenvalue weighted by Gasteiger charge is 2.30. The summed E-state index contributed by atoms with van der Waals surface area (Å²) < 4.78 is 187. The summed E-state index contributed by atoms with van der Waals surface area (Å²) in [5.41, 5.74) is 5.39. The first kappa shape index (κ1) is 29.8. The smallest absolute Gasteiger partial charge is 0.0645 e. The van der Waals surface area contributed by atoms with Crippen molar-refractivity contribution in [2.75, 3.05) is 9.80 Å². The Hall–Kier alpha value is -9.38. The van der Waals surface area contributed by atoms with Crippen LogP contribution in [0.3, 0.4) is 0 Å². The highest BCUT2D eigenvalue weighted by atomic mass is 15.2. The first-order valence-corrected chi connectivity index (χ1v) is 25.8.